The molecule has 1 heterocycles. The van der Waals surface area contributed by atoms with Crippen molar-refractivity contribution in [2.75, 3.05) is 5.32 Å². The van der Waals surface area contributed by atoms with Gasteiger partial charge in [0.1, 0.15) is 5.82 Å². The molecule has 0 unspecified atom stereocenters. The Morgan fingerprint density at radius 1 is 1.07 bits per heavy atom. The highest BCUT2D eigenvalue weighted by molar-refractivity contribution is 9.10. The third-order valence-corrected chi connectivity index (χ3v) is 6.64. The highest BCUT2D eigenvalue weighted by atomic mass is 79.9. The number of rotatable bonds is 1. The predicted octanol–water partition coefficient (Wildman–Crippen LogP) is 6.94. The maximum Gasteiger partial charge on any atom is 0.162 e. The fourth-order valence-corrected chi connectivity index (χ4v) is 5.23. The van der Waals surface area contributed by atoms with Crippen molar-refractivity contribution in [2.24, 2.45) is 5.41 Å². The molecule has 2 nitrogen and oxygen atoms in total. The van der Waals surface area contributed by atoms with Crippen LogP contribution in [0.2, 0.25) is 0 Å². The second-order valence-corrected chi connectivity index (χ2v) is 9.67. The minimum absolute atomic E-state index is 0.0782. The van der Waals surface area contributed by atoms with Crippen molar-refractivity contribution in [1.29, 1.82) is 0 Å². The van der Waals surface area contributed by atoms with Crippen molar-refractivity contribution >= 4 is 38.2 Å². The van der Waals surface area contributed by atoms with Gasteiger partial charge in [-0.25, -0.2) is 4.39 Å². The zero-order chi connectivity index (χ0) is 20.3. The molecular weight excluding hydrogens is 429 g/mol. The average molecular weight is 450 g/mol. The van der Waals surface area contributed by atoms with Crippen molar-refractivity contribution in [1.82, 2.24) is 0 Å². The summed E-state index contributed by atoms with van der Waals surface area (Å²) >= 11 is 3.33. The number of hydrogen-bond donors (Lipinski definition) is 1. The van der Waals surface area contributed by atoms with Crippen LogP contribution in [0.15, 0.2) is 70.3 Å². The van der Waals surface area contributed by atoms with E-state index in [0.29, 0.717) is 10.9 Å². The van der Waals surface area contributed by atoms with Gasteiger partial charge in [0.05, 0.1) is 4.47 Å². The number of fused-ring (bicyclic) bond motifs is 3. The van der Waals surface area contributed by atoms with Crippen LogP contribution in [-0.2, 0) is 4.79 Å². The summed E-state index contributed by atoms with van der Waals surface area (Å²) in [6.45, 7) is 4.27. The standard InChI is InChI=1S/C25H21BrFNO/c1-25(2)12-20-24(21(29)13-25)22(15-7-9-18(27)17(26)11-15)23-16-6-4-3-5-14(16)8-10-19(23)28-20/h3-11,22,28H,12-13H2,1-2H3/t22-/m0/s1. The van der Waals surface area contributed by atoms with E-state index >= 15 is 0 Å². The Morgan fingerprint density at radius 3 is 2.66 bits per heavy atom. The Balaban J connectivity index is 1.82. The Bertz CT molecular complexity index is 1210. The van der Waals surface area contributed by atoms with Gasteiger partial charge in [0.15, 0.2) is 5.78 Å². The third-order valence-electron chi connectivity index (χ3n) is 6.03. The highest BCUT2D eigenvalue weighted by Crippen LogP contribution is 2.51. The van der Waals surface area contributed by atoms with Crippen LogP contribution in [0.5, 0.6) is 0 Å². The zero-order valence-corrected chi connectivity index (χ0v) is 17.9. The van der Waals surface area contributed by atoms with Crippen molar-refractivity contribution in [3.63, 3.8) is 0 Å². The molecule has 5 rings (SSSR count). The van der Waals surface area contributed by atoms with E-state index in [0.717, 1.165) is 45.3 Å². The first-order chi connectivity index (χ1) is 13.8. The smallest absolute Gasteiger partial charge is 0.162 e. The molecule has 1 atom stereocenters. The van der Waals surface area contributed by atoms with Crippen molar-refractivity contribution in [2.45, 2.75) is 32.6 Å². The van der Waals surface area contributed by atoms with Crippen LogP contribution in [0.1, 0.15) is 43.7 Å². The van der Waals surface area contributed by atoms with Gasteiger partial charge in [-0.3, -0.25) is 4.79 Å². The van der Waals surface area contributed by atoms with Crippen molar-refractivity contribution < 1.29 is 9.18 Å². The summed E-state index contributed by atoms with van der Waals surface area (Å²) in [6.07, 6.45) is 1.34. The number of nitrogens with one attached hydrogen (secondary N) is 1. The molecule has 3 aromatic carbocycles. The molecular formula is C25H21BrFNO. The van der Waals surface area contributed by atoms with Gasteiger partial charge in [-0.1, -0.05) is 50.2 Å². The molecule has 1 N–H and O–H groups in total. The molecule has 0 fully saturated rings. The summed E-state index contributed by atoms with van der Waals surface area (Å²) in [5, 5.41) is 5.82. The van der Waals surface area contributed by atoms with Crippen LogP contribution in [0, 0.1) is 11.2 Å². The largest absolute Gasteiger partial charge is 0.358 e. The van der Waals surface area contributed by atoms with Gasteiger partial charge >= 0.3 is 0 Å². The summed E-state index contributed by atoms with van der Waals surface area (Å²) in [4.78, 5) is 13.3. The minimum atomic E-state index is -0.300. The fourth-order valence-electron chi connectivity index (χ4n) is 4.83. The van der Waals surface area contributed by atoms with Crippen molar-refractivity contribution in [3.05, 3.63) is 87.3 Å². The van der Waals surface area contributed by atoms with E-state index in [9.17, 15) is 9.18 Å². The Morgan fingerprint density at radius 2 is 1.86 bits per heavy atom. The molecule has 0 saturated heterocycles. The number of allylic oxidation sites excluding steroid dienone is 2. The fraction of sp³-hybridized carbons (Fsp3) is 0.240. The summed E-state index contributed by atoms with van der Waals surface area (Å²) in [5.41, 5.74) is 4.79. The van der Waals surface area contributed by atoms with Crippen LogP contribution in [0.3, 0.4) is 0 Å². The van der Waals surface area contributed by atoms with Crippen LogP contribution < -0.4 is 5.32 Å². The molecule has 4 heteroatoms. The molecule has 0 saturated carbocycles. The van der Waals surface area contributed by atoms with E-state index in [1.54, 1.807) is 6.07 Å². The second-order valence-electron chi connectivity index (χ2n) is 8.81. The van der Waals surface area contributed by atoms with Gasteiger partial charge in [0.25, 0.3) is 0 Å². The Kier molecular flexibility index (Phi) is 4.18. The summed E-state index contributed by atoms with van der Waals surface area (Å²) in [5.74, 6) is -0.341. The van der Waals surface area contributed by atoms with E-state index < -0.39 is 0 Å². The van der Waals surface area contributed by atoms with Gasteiger partial charge in [-0.05, 0) is 67.9 Å². The van der Waals surface area contributed by atoms with Gasteiger partial charge in [-0.15, -0.1) is 0 Å². The predicted molar refractivity (Wildman–Crippen MR) is 119 cm³/mol. The number of halogens is 2. The van der Waals surface area contributed by atoms with E-state index in [-0.39, 0.29) is 22.9 Å². The lowest BCUT2D eigenvalue weighted by Gasteiger charge is -2.40. The Labute approximate surface area is 177 Å². The molecule has 0 radical (unpaired) electrons. The maximum absolute atomic E-state index is 14.0. The number of Topliss-reactive ketones (excluding diaryl/α,β-unsaturated/α-hetero) is 1. The molecule has 0 amide bonds. The van der Waals surface area contributed by atoms with Crippen molar-refractivity contribution in [3.8, 4) is 0 Å². The summed E-state index contributed by atoms with van der Waals surface area (Å²) < 4.78 is 14.4. The topological polar surface area (TPSA) is 29.1 Å². The molecule has 3 aromatic rings. The van der Waals surface area contributed by atoms with Crippen LogP contribution in [-0.4, -0.2) is 5.78 Å². The van der Waals surface area contributed by atoms with Gasteiger partial charge < -0.3 is 5.32 Å². The van der Waals surface area contributed by atoms with Crippen LogP contribution >= 0.6 is 15.9 Å². The molecule has 0 spiro atoms. The average Bonchev–Trinajstić information content (AvgIpc) is 2.67. The normalized spacial score (nSPS) is 20.3. The number of carbonyl (C=O) groups excluding carboxylic acids is 1. The molecule has 2 aliphatic rings. The minimum Gasteiger partial charge on any atom is -0.358 e. The molecule has 0 bridgehead atoms. The van der Waals surface area contributed by atoms with Gasteiger partial charge in [0.2, 0.25) is 0 Å². The monoisotopic (exact) mass is 449 g/mol. The Hall–Kier alpha value is -2.46. The number of ketones is 1. The number of benzene rings is 3. The van der Waals surface area contributed by atoms with Crippen LogP contribution in [0.4, 0.5) is 10.1 Å². The van der Waals surface area contributed by atoms with Gasteiger partial charge in [0, 0.05) is 29.3 Å². The van der Waals surface area contributed by atoms with E-state index in [2.05, 4.69) is 59.4 Å². The first kappa shape index (κ1) is 18.6. The molecule has 29 heavy (non-hydrogen) atoms. The highest BCUT2D eigenvalue weighted by Gasteiger charge is 2.41. The first-order valence-corrected chi connectivity index (χ1v) is 10.6. The third kappa shape index (κ3) is 3.01. The summed E-state index contributed by atoms with van der Waals surface area (Å²) in [6, 6.07) is 17.5. The van der Waals surface area contributed by atoms with E-state index in [4.69, 9.17) is 0 Å². The van der Waals surface area contributed by atoms with E-state index in [1.165, 1.54) is 6.07 Å². The lowest BCUT2D eigenvalue weighted by Crippen LogP contribution is -2.33. The van der Waals surface area contributed by atoms with Gasteiger partial charge in [-0.2, -0.15) is 0 Å². The number of anilines is 1. The molecule has 1 aliphatic carbocycles. The lowest BCUT2D eigenvalue weighted by molar-refractivity contribution is -0.118. The lowest BCUT2D eigenvalue weighted by atomic mass is 9.68. The van der Waals surface area contributed by atoms with E-state index in [1.807, 2.05) is 18.2 Å². The summed E-state index contributed by atoms with van der Waals surface area (Å²) in [7, 11) is 0. The number of hydrogen-bond acceptors (Lipinski definition) is 2. The van der Waals surface area contributed by atoms with Crippen LogP contribution in [0.25, 0.3) is 10.8 Å². The molecule has 0 aromatic heterocycles. The second kappa shape index (κ2) is 6.53. The SMILES string of the molecule is CC1(C)CC(=O)C2=C(C1)Nc1ccc3ccccc3c1[C@@H]2c1ccc(F)c(Br)c1. The maximum atomic E-state index is 14.0. The molecule has 1 aliphatic heterocycles. The zero-order valence-electron chi connectivity index (χ0n) is 16.4. The molecule has 146 valence electrons. The quantitative estimate of drug-likeness (QED) is 0.435. The number of carbonyl (C=O) groups is 1. The first-order valence-electron chi connectivity index (χ1n) is 9.84.